The summed E-state index contributed by atoms with van der Waals surface area (Å²) in [5, 5.41) is 2.94. The highest BCUT2D eigenvalue weighted by Crippen LogP contribution is 2.27. The second-order valence-electron chi connectivity index (χ2n) is 6.79. The molecule has 1 N–H and O–H groups in total. The monoisotopic (exact) mass is 393 g/mol. The van der Waals surface area contributed by atoms with Crippen LogP contribution in [0.25, 0.3) is 0 Å². The van der Waals surface area contributed by atoms with Crippen molar-refractivity contribution >= 4 is 33.3 Å². The van der Waals surface area contributed by atoms with E-state index < -0.39 is 0 Å². The third-order valence-electron chi connectivity index (χ3n) is 4.78. The van der Waals surface area contributed by atoms with Gasteiger partial charge in [-0.3, -0.25) is 9.59 Å². The number of rotatable bonds is 8. The standard InChI is InChI=1S/C20H28BrNO2/c1-2-6-18(21)20(24)16-10-12-17(13-11-16)22-19(23)14-9-15-7-4-3-5-8-15/h10-13,15,18H,2-9,14H2,1H3,(H,22,23). The molecule has 1 amide bonds. The van der Waals surface area contributed by atoms with E-state index >= 15 is 0 Å². The van der Waals surface area contributed by atoms with E-state index in [0.717, 1.165) is 30.9 Å². The zero-order valence-corrected chi connectivity index (χ0v) is 16.1. The van der Waals surface area contributed by atoms with Gasteiger partial charge < -0.3 is 5.32 Å². The van der Waals surface area contributed by atoms with Crippen LogP contribution in [0.15, 0.2) is 24.3 Å². The Morgan fingerprint density at radius 2 is 1.83 bits per heavy atom. The second-order valence-corrected chi connectivity index (χ2v) is 7.89. The van der Waals surface area contributed by atoms with Gasteiger partial charge in [0.15, 0.2) is 5.78 Å². The molecule has 1 aliphatic carbocycles. The fourth-order valence-corrected chi connectivity index (χ4v) is 4.04. The third kappa shape index (κ3) is 6.04. The molecule has 1 aromatic rings. The molecule has 2 rings (SSSR count). The highest BCUT2D eigenvalue weighted by atomic mass is 79.9. The highest BCUT2D eigenvalue weighted by Gasteiger charge is 2.17. The molecule has 0 heterocycles. The van der Waals surface area contributed by atoms with Crippen molar-refractivity contribution in [1.29, 1.82) is 0 Å². The first kappa shape index (κ1) is 19.2. The van der Waals surface area contributed by atoms with Gasteiger partial charge in [-0.15, -0.1) is 0 Å². The Bertz CT molecular complexity index is 535. The molecular formula is C20H28BrNO2. The van der Waals surface area contributed by atoms with E-state index in [2.05, 4.69) is 28.2 Å². The van der Waals surface area contributed by atoms with E-state index in [-0.39, 0.29) is 16.5 Å². The zero-order chi connectivity index (χ0) is 17.4. The number of amides is 1. The molecule has 0 saturated heterocycles. The largest absolute Gasteiger partial charge is 0.326 e. The highest BCUT2D eigenvalue weighted by molar-refractivity contribution is 9.10. The van der Waals surface area contributed by atoms with E-state index in [9.17, 15) is 9.59 Å². The molecular weight excluding hydrogens is 366 g/mol. The first-order chi connectivity index (χ1) is 11.6. The number of nitrogens with one attached hydrogen (secondary N) is 1. The molecule has 1 fully saturated rings. The number of hydrogen-bond acceptors (Lipinski definition) is 2. The molecule has 0 aliphatic heterocycles. The molecule has 1 aromatic carbocycles. The Labute approximate surface area is 153 Å². The maximum absolute atomic E-state index is 12.2. The van der Waals surface area contributed by atoms with E-state index in [1.165, 1.54) is 32.1 Å². The summed E-state index contributed by atoms with van der Waals surface area (Å²) in [5.41, 5.74) is 1.45. The smallest absolute Gasteiger partial charge is 0.224 e. The summed E-state index contributed by atoms with van der Waals surface area (Å²) < 4.78 is 0. The maximum atomic E-state index is 12.2. The van der Waals surface area contributed by atoms with Gasteiger partial charge in [0.1, 0.15) is 0 Å². The fraction of sp³-hybridized carbons (Fsp3) is 0.600. The van der Waals surface area contributed by atoms with Crippen LogP contribution in [0.2, 0.25) is 0 Å². The summed E-state index contributed by atoms with van der Waals surface area (Å²) in [6.45, 7) is 2.06. The minimum Gasteiger partial charge on any atom is -0.326 e. The van der Waals surface area contributed by atoms with E-state index in [0.29, 0.717) is 12.0 Å². The molecule has 1 atom stereocenters. The summed E-state index contributed by atoms with van der Waals surface area (Å²) in [4.78, 5) is 24.2. The lowest BCUT2D eigenvalue weighted by molar-refractivity contribution is -0.116. The van der Waals surface area contributed by atoms with E-state index in [1.807, 2.05) is 12.1 Å². The number of anilines is 1. The number of Topliss-reactive ketones (excluding diaryl/α,β-unsaturated/α-hetero) is 1. The summed E-state index contributed by atoms with van der Waals surface area (Å²) in [7, 11) is 0. The molecule has 1 aliphatic rings. The van der Waals surface area contributed by atoms with Gasteiger partial charge in [0, 0.05) is 17.7 Å². The summed E-state index contributed by atoms with van der Waals surface area (Å²) in [6.07, 6.45) is 9.90. The van der Waals surface area contributed by atoms with Crippen molar-refractivity contribution in [2.24, 2.45) is 5.92 Å². The summed E-state index contributed by atoms with van der Waals surface area (Å²) >= 11 is 3.44. The lowest BCUT2D eigenvalue weighted by Crippen LogP contribution is -2.16. The number of alkyl halides is 1. The van der Waals surface area contributed by atoms with Crippen molar-refractivity contribution in [3.05, 3.63) is 29.8 Å². The Hall–Kier alpha value is -1.16. The predicted octanol–water partition coefficient (Wildman–Crippen LogP) is 5.73. The van der Waals surface area contributed by atoms with Crippen LogP contribution in [0.1, 0.15) is 75.1 Å². The molecule has 0 radical (unpaired) electrons. The number of carbonyl (C=O) groups is 2. The van der Waals surface area contributed by atoms with Gasteiger partial charge in [0.2, 0.25) is 5.91 Å². The van der Waals surface area contributed by atoms with Gasteiger partial charge in [0.05, 0.1) is 4.83 Å². The van der Waals surface area contributed by atoms with Gasteiger partial charge >= 0.3 is 0 Å². The molecule has 0 aromatic heterocycles. The maximum Gasteiger partial charge on any atom is 0.224 e. The Morgan fingerprint density at radius 3 is 2.46 bits per heavy atom. The van der Waals surface area contributed by atoms with Crippen molar-refractivity contribution in [3.8, 4) is 0 Å². The Balaban J connectivity index is 1.80. The number of ketones is 1. The van der Waals surface area contributed by atoms with Crippen LogP contribution < -0.4 is 5.32 Å². The lowest BCUT2D eigenvalue weighted by atomic mass is 9.86. The Kier molecular flexibility index (Phi) is 7.97. The molecule has 3 nitrogen and oxygen atoms in total. The van der Waals surface area contributed by atoms with Gasteiger partial charge in [0.25, 0.3) is 0 Å². The van der Waals surface area contributed by atoms with Crippen molar-refractivity contribution in [2.45, 2.75) is 69.5 Å². The van der Waals surface area contributed by atoms with E-state index in [1.54, 1.807) is 12.1 Å². The number of hydrogen-bond donors (Lipinski definition) is 1. The van der Waals surface area contributed by atoms with Crippen LogP contribution >= 0.6 is 15.9 Å². The molecule has 132 valence electrons. The topological polar surface area (TPSA) is 46.2 Å². The van der Waals surface area contributed by atoms with Gasteiger partial charge in [-0.05, 0) is 43.0 Å². The second kappa shape index (κ2) is 9.97. The van der Waals surface area contributed by atoms with Gasteiger partial charge in [-0.1, -0.05) is 61.4 Å². The first-order valence-electron chi connectivity index (χ1n) is 9.18. The van der Waals surface area contributed by atoms with E-state index in [4.69, 9.17) is 0 Å². The minimum absolute atomic E-state index is 0.0731. The Morgan fingerprint density at radius 1 is 1.17 bits per heavy atom. The van der Waals surface area contributed by atoms with Crippen LogP contribution in [0, 0.1) is 5.92 Å². The predicted molar refractivity (Wildman–Crippen MR) is 103 cm³/mol. The summed E-state index contributed by atoms with van der Waals surface area (Å²) in [6, 6.07) is 7.22. The minimum atomic E-state index is -0.126. The van der Waals surface area contributed by atoms with Crippen molar-refractivity contribution in [2.75, 3.05) is 5.32 Å². The molecule has 1 unspecified atom stereocenters. The van der Waals surface area contributed by atoms with Crippen molar-refractivity contribution < 1.29 is 9.59 Å². The summed E-state index contributed by atoms with van der Waals surface area (Å²) in [5.74, 6) is 0.898. The van der Waals surface area contributed by atoms with Gasteiger partial charge in [-0.25, -0.2) is 0 Å². The average molecular weight is 394 g/mol. The lowest BCUT2D eigenvalue weighted by Gasteiger charge is -2.21. The normalized spacial score (nSPS) is 16.6. The SMILES string of the molecule is CCCC(Br)C(=O)c1ccc(NC(=O)CCC2CCCCC2)cc1. The molecule has 0 bridgehead atoms. The number of benzene rings is 1. The van der Waals surface area contributed by atoms with Crippen molar-refractivity contribution in [1.82, 2.24) is 0 Å². The van der Waals surface area contributed by atoms with Crippen LogP contribution in [-0.4, -0.2) is 16.5 Å². The van der Waals surface area contributed by atoms with Crippen molar-refractivity contribution in [3.63, 3.8) is 0 Å². The molecule has 24 heavy (non-hydrogen) atoms. The third-order valence-corrected chi connectivity index (χ3v) is 5.66. The average Bonchev–Trinajstić information content (AvgIpc) is 2.61. The quantitative estimate of drug-likeness (QED) is 0.452. The first-order valence-corrected chi connectivity index (χ1v) is 10.1. The van der Waals surface area contributed by atoms with Crippen LogP contribution in [0.3, 0.4) is 0 Å². The molecule has 1 saturated carbocycles. The number of halogens is 1. The molecule has 0 spiro atoms. The van der Waals surface area contributed by atoms with Gasteiger partial charge in [-0.2, -0.15) is 0 Å². The zero-order valence-electron chi connectivity index (χ0n) is 14.5. The number of carbonyl (C=O) groups excluding carboxylic acids is 2. The van der Waals surface area contributed by atoms with Crippen LogP contribution in [-0.2, 0) is 4.79 Å². The van der Waals surface area contributed by atoms with Crippen LogP contribution in [0.4, 0.5) is 5.69 Å². The molecule has 4 heteroatoms. The fourth-order valence-electron chi connectivity index (χ4n) is 3.32. The van der Waals surface area contributed by atoms with Crippen LogP contribution in [0.5, 0.6) is 0 Å².